The third-order valence-electron chi connectivity index (χ3n) is 0.807. The summed E-state index contributed by atoms with van der Waals surface area (Å²) in [7, 11) is 0. The number of hydrogen-bond acceptors (Lipinski definition) is 1. The average Bonchev–Trinajstić information content (AvgIpc) is 1.63. The third kappa shape index (κ3) is 4.15. The van der Waals surface area contributed by atoms with E-state index in [1.165, 1.54) is 0 Å². The highest BCUT2D eigenvalue weighted by molar-refractivity contribution is 7.80. The van der Waals surface area contributed by atoms with Crippen LogP contribution in [0.4, 0.5) is 0 Å². The summed E-state index contributed by atoms with van der Waals surface area (Å²) in [5.74, 6) is 0. The molecule has 0 saturated heterocycles. The minimum atomic E-state index is 0.411. The van der Waals surface area contributed by atoms with Crippen molar-refractivity contribution in [3.05, 3.63) is 12.2 Å². The fraction of sp³-hybridized carbons (Fsp3) is 0.571. The van der Waals surface area contributed by atoms with Gasteiger partial charge in [-0.3, -0.25) is 0 Å². The van der Waals surface area contributed by atoms with Gasteiger partial charge in [0.1, 0.15) is 4.99 Å². The largest absolute Gasteiger partial charge is 0.374 e. The maximum absolute atomic E-state index is 4.94. The van der Waals surface area contributed by atoms with Gasteiger partial charge in [-0.1, -0.05) is 18.8 Å². The molecule has 0 aromatic rings. The molecule has 0 saturated carbocycles. The highest BCUT2D eigenvalue weighted by Gasteiger charge is 1.96. The van der Waals surface area contributed by atoms with Gasteiger partial charge >= 0.3 is 0 Å². The van der Waals surface area contributed by atoms with Gasteiger partial charge in [0.05, 0.1) is 0 Å². The van der Waals surface area contributed by atoms with Gasteiger partial charge in [0.25, 0.3) is 0 Å². The lowest BCUT2D eigenvalue weighted by Crippen LogP contribution is -2.28. The molecule has 52 valence electrons. The molecule has 0 bridgehead atoms. The van der Waals surface area contributed by atoms with Crippen molar-refractivity contribution < 1.29 is 0 Å². The lowest BCUT2D eigenvalue weighted by molar-refractivity contribution is 0.740. The zero-order valence-corrected chi connectivity index (χ0v) is 7.01. The molecule has 0 fully saturated rings. The Morgan fingerprint density at radius 3 is 2.11 bits per heavy atom. The van der Waals surface area contributed by atoms with Crippen molar-refractivity contribution in [2.75, 3.05) is 0 Å². The molecule has 0 aromatic heterocycles. The fourth-order valence-electron chi connectivity index (χ4n) is 0.385. The molecule has 0 aromatic carbocycles. The summed E-state index contributed by atoms with van der Waals surface area (Å²) < 4.78 is 0. The molecule has 0 atom stereocenters. The Balaban J connectivity index is 3.65. The zero-order valence-electron chi connectivity index (χ0n) is 6.19. The SMILES string of the molecule is C=C(C)C(=S)NC(C)C. The van der Waals surface area contributed by atoms with E-state index >= 15 is 0 Å². The van der Waals surface area contributed by atoms with Crippen LogP contribution in [0.5, 0.6) is 0 Å². The van der Waals surface area contributed by atoms with Crippen LogP contribution in [0.1, 0.15) is 20.8 Å². The molecule has 9 heavy (non-hydrogen) atoms. The lowest BCUT2D eigenvalue weighted by atomic mass is 10.3. The Kier molecular flexibility index (Phi) is 3.47. The summed E-state index contributed by atoms with van der Waals surface area (Å²) in [6, 6.07) is 0.411. The van der Waals surface area contributed by atoms with Crippen molar-refractivity contribution in [3.8, 4) is 0 Å². The van der Waals surface area contributed by atoms with Crippen molar-refractivity contribution in [2.45, 2.75) is 26.8 Å². The van der Waals surface area contributed by atoms with E-state index in [1.807, 2.05) is 6.92 Å². The van der Waals surface area contributed by atoms with Gasteiger partial charge in [-0.25, -0.2) is 0 Å². The first kappa shape index (κ1) is 8.63. The van der Waals surface area contributed by atoms with Crippen LogP contribution in [0.25, 0.3) is 0 Å². The van der Waals surface area contributed by atoms with E-state index in [0.717, 1.165) is 10.6 Å². The zero-order chi connectivity index (χ0) is 7.44. The molecule has 0 aliphatic heterocycles. The average molecular weight is 143 g/mol. The highest BCUT2D eigenvalue weighted by Crippen LogP contribution is 1.90. The van der Waals surface area contributed by atoms with E-state index in [-0.39, 0.29) is 0 Å². The molecule has 1 nitrogen and oxygen atoms in total. The second kappa shape index (κ2) is 3.62. The van der Waals surface area contributed by atoms with Gasteiger partial charge in [-0.05, 0) is 26.3 Å². The molecule has 0 aliphatic rings. The van der Waals surface area contributed by atoms with Crippen LogP contribution in [-0.2, 0) is 0 Å². The Hall–Kier alpha value is -0.370. The third-order valence-corrected chi connectivity index (χ3v) is 1.27. The number of rotatable bonds is 2. The molecule has 0 aliphatic carbocycles. The second-order valence-corrected chi connectivity index (χ2v) is 2.82. The van der Waals surface area contributed by atoms with Crippen LogP contribution < -0.4 is 5.32 Å². The normalized spacial score (nSPS) is 9.33. The van der Waals surface area contributed by atoms with Crippen molar-refractivity contribution in [1.29, 1.82) is 0 Å². The maximum Gasteiger partial charge on any atom is 0.101 e. The van der Waals surface area contributed by atoms with Gasteiger partial charge in [0.15, 0.2) is 0 Å². The van der Waals surface area contributed by atoms with Crippen LogP contribution in [0, 0.1) is 0 Å². The number of hydrogen-bond donors (Lipinski definition) is 1. The van der Waals surface area contributed by atoms with Crippen LogP contribution >= 0.6 is 12.2 Å². The molecule has 2 heteroatoms. The first-order chi connectivity index (χ1) is 4.04. The molecule has 0 unspecified atom stereocenters. The molecular formula is C7H13NS. The van der Waals surface area contributed by atoms with Gasteiger partial charge < -0.3 is 5.32 Å². The summed E-state index contributed by atoms with van der Waals surface area (Å²) in [4.78, 5) is 0.769. The fourth-order valence-corrected chi connectivity index (χ4v) is 0.621. The summed E-state index contributed by atoms with van der Waals surface area (Å²) >= 11 is 4.94. The van der Waals surface area contributed by atoms with Crippen LogP contribution in [0.3, 0.4) is 0 Å². The molecule has 0 rings (SSSR count). The van der Waals surface area contributed by atoms with Gasteiger partial charge in [0.2, 0.25) is 0 Å². The summed E-state index contributed by atoms with van der Waals surface area (Å²) in [6.45, 7) is 9.71. The molecule has 0 radical (unpaired) electrons. The van der Waals surface area contributed by atoms with Crippen molar-refractivity contribution >= 4 is 17.2 Å². The Labute approximate surface area is 62.1 Å². The molecule has 1 N–H and O–H groups in total. The summed E-state index contributed by atoms with van der Waals surface area (Å²) in [5, 5.41) is 3.07. The van der Waals surface area contributed by atoms with Gasteiger partial charge in [0, 0.05) is 6.04 Å². The quantitative estimate of drug-likeness (QED) is 0.468. The van der Waals surface area contributed by atoms with E-state index < -0.39 is 0 Å². The van der Waals surface area contributed by atoms with Crippen molar-refractivity contribution in [2.24, 2.45) is 0 Å². The van der Waals surface area contributed by atoms with Gasteiger partial charge in [-0.15, -0.1) is 0 Å². The summed E-state index contributed by atoms with van der Waals surface area (Å²) in [5.41, 5.74) is 0.929. The standard InChI is InChI=1S/C7H13NS/c1-5(2)7(9)8-6(3)4/h6H,1H2,2-4H3,(H,8,9). The number of nitrogens with one attached hydrogen (secondary N) is 1. The Bertz CT molecular complexity index is 127. The predicted octanol–water partition coefficient (Wildman–Crippen LogP) is 1.89. The lowest BCUT2D eigenvalue weighted by Gasteiger charge is -2.09. The molecule has 0 heterocycles. The van der Waals surface area contributed by atoms with E-state index in [1.54, 1.807) is 0 Å². The molecule has 0 spiro atoms. The second-order valence-electron chi connectivity index (χ2n) is 2.41. The van der Waals surface area contributed by atoms with Crippen LogP contribution in [0.15, 0.2) is 12.2 Å². The van der Waals surface area contributed by atoms with E-state index in [9.17, 15) is 0 Å². The highest BCUT2D eigenvalue weighted by atomic mass is 32.1. The number of thiocarbonyl (C=S) groups is 1. The topological polar surface area (TPSA) is 12.0 Å². The van der Waals surface area contributed by atoms with E-state index in [0.29, 0.717) is 6.04 Å². The van der Waals surface area contributed by atoms with Crippen molar-refractivity contribution in [3.63, 3.8) is 0 Å². The Morgan fingerprint density at radius 1 is 1.56 bits per heavy atom. The molecular weight excluding hydrogens is 130 g/mol. The monoisotopic (exact) mass is 143 g/mol. The van der Waals surface area contributed by atoms with Crippen LogP contribution in [0.2, 0.25) is 0 Å². The van der Waals surface area contributed by atoms with E-state index in [2.05, 4.69) is 25.7 Å². The minimum absolute atomic E-state index is 0.411. The minimum Gasteiger partial charge on any atom is -0.374 e. The van der Waals surface area contributed by atoms with Gasteiger partial charge in [-0.2, -0.15) is 0 Å². The molecule has 0 amide bonds. The predicted molar refractivity (Wildman–Crippen MR) is 45.7 cm³/mol. The van der Waals surface area contributed by atoms with Crippen molar-refractivity contribution in [1.82, 2.24) is 5.32 Å². The van der Waals surface area contributed by atoms with E-state index in [4.69, 9.17) is 12.2 Å². The van der Waals surface area contributed by atoms with Crippen LogP contribution in [-0.4, -0.2) is 11.0 Å². The first-order valence-electron chi connectivity index (χ1n) is 3.00. The maximum atomic E-state index is 4.94. The first-order valence-corrected chi connectivity index (χ1v) is 3.41. The summed E-state index contributed by atoms with van der Waals surface area (Å²) in [6.07, 6.45) is 0. The smallest absolute Gasteiger partial charge is 0.101 e. The Morgan fingerprint density at radius 2 is 2.00 bits per heavy atom.